The fraction of sp³-hybridized carbons (Fsp3) is 0.833. The summed E-state index contributed by atoms with van der Waals surface area (Å²) in [4.78, 5) is 32.1. The Kier molecular flexibility index (Phi) is 17.7. The van der Waals surface area contributed by atoms with Crippen LogP contribution in [-0.2, 0) is 41.2 Å². The van der Waals surface area contributed by atoms with Crippen LogP contribution in [0.2, 0.25) is 0 Å². The van der Waals surface area contributed by atoms with Crippen LogP contribution in [0.25, 0.3) is 0 Å². The Balaban J connectivity index is 0. The minimum absolute atomic E-state index is 0.143. The molecule has 8 heteroatoms. The number of Topliss-reactive ketones (excluding diaryl/α,β-unsaturated/α-hetero) is 1. The number of hydrogen-bond donors (Lipinski definition) is 1. The SMILES string of the molecule is CC(C)(C)OC(=O)CC1(O)CCCCC1.O=C1CCCCC1.[CH2-]C(=O)OC(C)(C)C.[Cl][Zn+]. The standard InChI is InChI=1S/C12H22O3.C6H11O2.C6H10O.ClH.Zn/c1-11(2,3)15-10(13)9-12(14)7-5-4-6-8-12;1-5(7)8-6(2,3)4;7-6-4-2-1-3-5-6;;/h14H,4-9H2,1-3H3;1H2,2-4H3;1-5H2;1H;/q;-1;;;+2/p-1. The van der Waals surface area contributed by atoms with E-state index in [2.05, 4.69) is 11.7 Å². The molecule has 0 aromatic heterocycles. The van der Waals surface area contributed by atoms with E-state index in [1.165, 1.54) is 6.42 Å². The average molecular weight is 528 g/mol. The molecule has 0 amide bonds. The van der Waals surface area contributed by atoms with Crippen LogP contribution in [0, 0.1) is 6.92 Å². The summed E-state index contributed by atoms with van der Waals surface area (Å²) in [6.45, 7) is 14.0. The topological polar surface area (TPSA) is 89.9 Å². The molecule has 0 saturated heterocycles. The summed E-state index contributed by atoms with van der Waals surface area (Å²) in [6.07, 6.45) is 10.0. The Labute approximate surface area is 209 Å². The van der Waals surface area contributed by atoms with E-state index in [1.54, 1.807) is 20.8 Å². The van der Waals surface area contributed by atoms with Crippen molar-refractivity contribution in [1.29, 1.82) is 0 Å². The Hall–Kier alpha value is -0.647. The third kappa shape index (κ3) is 22.5. The molecule has 0 spiro atoms. The molecule has 32 heavy (non-hydrogen) atoms. The first-order valence-corrected chi connectivity index (χ1v) is 15.3. The van der Waals surface area contributed by atoms with Crippen molar-refractivity contribution in [3.8, 4) is 0 Å². The molecular weight excluding hydrogens is 485 g/mol. The molecule has 0 atom stereocenters. The zero-order valence-electron chi connectivity index (χ0n) is 21.1. The molecule has 6 nitrogen and oxygen atoms in total. The summed E-state index contributed by atoms with van der Waals surface area (Å²) in [7, 11) is 4.76. The van der Waals surface area contributed by atoms with Crippen molar-refractivity contribution in [2.75, 3.05) is 0 Å². The van der Waals surface area contributed by atoms with Gasteiger partial charge in [0.1, 0.15) is 17.0 Å². The number of rotatable bonds is 2. The molecule has 0 heterocycles. The summed E-state index contributed by atoms with van der Waals surface area (Å²) in [6, 6.07) is 0. The van der Waals surface area contributed by atoms with Crippen LogP contribution < -0.4 is 0 Å². The second-order valence-corrected chi connectivity index (χ2v) is 10.2. The number of carbonyl (C=O) groups is 3. The Morgan fingerprint density at radius 1 is 0.906 bits per heavy atom. The second-order valence-electron chi connectivity index (χ2n) is 10.2. The third-order valence-corrected chi connectivity index (χ3v) is 4.51. The molecule has 0 radical (unpaired) electrons. The number of ether oxygens (including phenoxy) is 2. The van der Waals surface area contributed by atoms with E-state index in [0.717, 1.165) is 75.1 Å². The van der Waals surface area contributed by atoms with Gasteiger partial charge in [-0.2, -0.15) is 0 Å². The first-order valence-electron chi connectivity index (χ1n) is 11.4. The van der Waals surface area contributed by atoms with Gasteiger partial charge >= 0.3 is 33.0 Å². The van der Waals surface area contributed by atoms with Crippen molar-refractivity contribution in [2.45, 2.75) is 129 Å². The van der Waals surface area contributed by atoms with Crippen LogP contribution in [0.5, 0.6) is 0 Å². The maximum atomic E-state index is 11.5. The molecule has 0 aliphatic heterocycles. The van der Waals surface area contributed by atoms with E-state index in [9.17, 15) is 19.5 Å². The van der Waals surface area contributed by atoms with Gasteiger partial charge in [-0.3, -0.25) is 21.3 Å². The van der Waals surface area contributed by atoms with Gasteiger partial charge in [-0.15, -0.1) is 0 Å². The van der Waals surface area contributed by atoms with Gasteiger partial charge in [0, 0.05) is 12.8 Å². The molecule has 184 valence electrons. The van der Waals surface area contributed by atoms with Crippen molar-refractivity contribution >= 4 is 27.4 Å². The quantitative estimate of drug-likeness (QED) is 0.278. The van der Waals surface area contributed by atoms with Crippen LogP contribution in [0.4, 0.5) is 0 Å². The molecule has 0 bridgehead atoms. The number of halogens is 1. The predicted molar refractivity (Wildman–Crippen MR) is 124 cm³/mol. The van der Waals surface area contributed by atoms with Gasteiger partial charge in [0.25, 0.3) is 0 Å². The first-order chi connectivity index (χ1) is 14.6. The van der Waals surface area contributed by atoms with E-state index in [1.807, 2.05) is 20.8 Å². The van der Waals surface area contributed by atoms with E-state index in [0.29, 0.717) is 5.78 Å². The van der Waals surface area contributed by atoms with Crippen LogP contribution in [-0.4, -0.2) is 39.6 Å². The molecule has 2 aliphatic rings. The zero-order chi connectivity index (χ0) is 25.4. The molecule has 0 aromatic rings. The Morgan fingerprint density at radius 3 is 1.59 bits per heavy atom. The van der Waals surface area contributed by atoms with Gasteiger partial charge < -0.3 is 14.6 Å². The maximum absolute atomic E-state index is 11.5. The van der Waals surface area contributed by atoms with Crippen molar-refractivity contribution in [1.82, 2.24) is 0 Å². The van der Waals surface area contributed by atoms with Crippen LogP contribution >= 0.6 is 9.69 Å². The van der Waals surface area contributed by atoms with Crippen molar-refractivity contribution in [3.05, 3.63) is 6.92 Å². The Morgan fingerprint density at radius 2 is 1.31 bits per heavy atom. The molecule has 2 rings (SSSR count). The summed E-state index contributed by atoms with van der Waals surface area (Å²) >= 11 is 0.847. The van der Waals surface area contributed by atoms with Crippen LogP contribution in [0.1, 0.15) is 112 Å². The fourth-order valence-corrected chi connectivity index (χ4v) is 3.32. The molecule has 2 aliphatic carbocycles. The Bertz CT molecular complexity index is 538. The van der Waals surface area contributed by atoms with Gasteiger partial charge in [-0.05, 0) is 67.2 Å². The summed E-state index contributed by atoms with van der Waals surface area (Å²) in [5.41, 5.74) is -1.65. The van der Waals surface area contributed by atoms with Gasteiger partial charge in [0.2, 0.25) is 0 Å². The number of ketones is 1. The summed E-state index contributed by atoms with van der Waals surface area (Å²) < 4.78 is 9.89. The summed E-state index contributed by atoms with van der Waals surface area (Å²) in [5.74, 6) is -0.296. The average Bonchev–Trinajstić information content (AvgIpc) is 2.61. The zero-order valence-corrected chi connectivity index (χ0v) is 24.8. The summed E-state index contributed by atoms with van der Waals surface area (Å²) in [5, 5.41) is 10.1. The van der Waals surface area contributed by atoms with Crippen LogP contribution in [0.3, 0.4) is 0 Å². The molecule has 1 N–H and O–H groups in total. The van der Waals surface area contributed by atoms with E-state index in [-0.39, 0.29) is 12.4 Å². The third-order valence-electron chi connectivity index (χ3n) is 4.51. The monoisotopic (exact) mass is 526 g/mol. The predicted octanol–water partition coefficient (Wildman–Crippen LogP) is 5.78. The molecule has 0 unspecified atom stereocenters. The van der Waals surface area contributed by atoms with Gasteiger partial charge in [0.15, 0.2) is 5.97 Å². The van der Waals surface area contributed by atoms with Crippen LogP contribution in [0.15, 0.2) is 0 Å². The second kappa shape index (κ2) is 16.9. The van der Waals surface area contributed by atoms with E-state index >= 15 is 0 Å². The van der Waals surface area contributed by atoms with Crippen molar-refractivity contribution in [2.24, 2.45) is 0 Å². The van der Waals surface area contributed by atoms with Gasteiger partial charge in [0.05, 0.1) is 12.0 Å². The molecule has 0 aromatic carbocycles. The number of aliphatic hydroxyl groups is 1. The van der Waals surface area contributed by atoms with Crippen molar-refractivity contribution < 1.29 is 46.3 Å². The van der Waals surface area contributed by atoms with Gasteiger partial charge in [-0.1, -0.05) is 25.7 Å². The van der Waals surface area contributed by atoms with Crippen molar-refractivity contribution in [3.63, 3.8) is 0 Å². The van der Waals surface area contributed by atoms with E-state index in [4.69, 9.17) is 14.4 Å². The first kappa shape index (κ1) is 33.5. The van der Waals surface area contributed by atoms with Gasteiger partial charge in [-0.25, -0.2) is 0 Å². The minimum atomic E-state index is -0.805. The molecule has 2 saturated carbocycles. The molecular formula is C24H43ClO6Zn. The number of carbonyl (C=O) groups excluding carboxylic acids is 3. The fourth-order valence-electron chi connectivity index (χ4n) is 3.32. The number of esters is 2. The molecule has 2 fully saturated rings. The normalized spacial score (nSPS) is 17.8. The number of hydrogen-bond acceptors (Lipinski definition) is 6. The van der Waals surface area contributed by atoms with E-state index < -0.39 is 22.8 Å².